The van der Waals surface area contributed by atoms with E-state index in [0.717, 1.165) is 50.3 Å². The van der Waals surface area contributed by atoms with E-state index in [0.29, 0.717) is 25.1 Å². The molecule has 1 heterocycles. The third-order valence-electron chi connectivity index (χ3n) is 5.34. The molecule has 0 spiro atoms. The second-order valence-corrected chi connectivity index (χ2v) is 7.36. The molecule has 138 valence electrons. The number of hydrogen-bond donors (Lipinski definition) is 1. The van der Waals surface area contributed by atoms with Crippen molar-refractivity contribution in [3.05, 3.63) is 29.8 Å². The molecule has 1 aromatic rings. The molecule has 0 aromatic heterocycles. The Kier molecular flexibility index (Phi) is 6.32. The fourth-order valence-corrected chi connectivity index (χ4v) is 3.37. The summed E-state index contributed by atoms with van der Waals surface area (Å²) in [5.74, 6) is 1.81. The van der Waals surface area contributed by atoms with Crippen LogP contribution in [0.25, 0.3) is 0 Å². The van der Waals surface area contributed by atoms with Gasteiger partial charge >= 0.3 is 0 Å². The quantitative estimate of drug-likeness (QED) is 0.786. The van der Waals surface area contributed by atoms with Gasteiger partial charge in [0.1, 0.15) is 12.4 Å². The van der Waals surface area contributed by atoms with Crippen LogP contribution in [0, 0.1) is 11.8 Å². The van der Waals surface area contributed by atoms with Crippen LogP contribution in [0.4, 0.5) is 0 Å². The highest BCUT2D eigenvalue weighted by molar-refractivity contribution is 5.81. The van der Waals surface area contributed by atoms with Crippen molar-refractivity contribution in [3.63, 3.8) is 0 Å². The normalized spacial score (nSPS) is 23.5. The van der Waals surface area contributed by atoms with Crippen LogP contribution in [-0.4, -0.2) is 50.3 Å². The zero-order chi connectivity index (χ0) is 17.6. The van der Waals surface area contributed by atoms with E-state index in [2.05, 4.69) is 24.2 Å². The molecule has 1 amide bonds. The minimum Gasteiger partial charge on any atom is -0.492 e. The first kappa shape index (κ1) is 18.2. The Morgan fingerprint density at radius 3 is 2.84 bits per heavy atom. The van der Waals surface area contributed by atoms with Crippen LogP contribution in [0.15, 0.2) is 24.3 Å². The summed E-state index contributed by atoms with van der Waals surface area (Å²) in [5, 5.41) is 3.02. The molecule has 1 saturated carbocycles. The van der Waals surface area contributed by atoms with Crippen LogP contribution in [0.2, 0.25) is 0 Å². The Balaban J connectivity index is 1.39. The van der Waals surface area contributed by atoms with Crippen LogP contribution in [-0.2, 0) is 16.1 Å². The van der Waals surface area contributed by atoms with E-state index >= 15 is 0 Å². The number of nitrogens with one attached hydrogen (secondary N) is 1. The second kappa shape index (κ2) is 8.68. The SMILES string of the molecule is C[C@@H]1C[C@H]1C(=O)NCc1cccc(OCCN(C)C2CCOCC2)c1. The van der Waals surface area contributed by atoms with Crippen molar-refractivity contribution in [2.24, 2.45) is 11.8 Å². The molecule has 1 aliphatic heterocycles. The fourth-order valence-electron chi connectivity index (χ4n) is 3.37. The third kappa shape index (κ3) is 5.44. The molecule has 0 bridgehead atoms. The van der Waals surface area contributed by atoms with Crippen LogP contribution >= 0.6 is 0 Å². The maximum Gasteiger partial charge on any atom is 0.223 e. The number of carbonyl (C=O) groups excluding carboxylic acids is 1. The van der Waals surface area contributed by atoms with E-state index in [1.54, 1.807) is 0 Å². The summed E-state index contributed by atoms with van der Waals surface area (Å²) in [6, 6.07) is 8.60. The largest absolute Gasteiger partial charge is 0.492 e. The monoisotopic (exact) mass is 346 g/mol. The van der Waals surface area contributed by atoms with Gasteiger partial charge < -0.3 is 14.8 Å². The van der Waals surface area contributed by atoms with Gasteiger partial charge in [0.2, 0.25) is 5.91 Å². The Labute approximate surface area is 150 Å². The van der Waals surface area contributed by atoms with Gasteiger partial charge in [0.25, 0.3) is 0 Å². The first-order chi connectivity index (χ1) is 12.1. The van der Waals surface area contributed by atoms with Gasteiger partial charge in [-0.15, -0.1) is 0 Å². The smallest absolute Gasteiger partial charge is 0.223 e. The van der Waals surface area contributed by atoms with Crippen molar-refractivity contribution in [3.8, 4) is 5.75 Å². The van der Waals surface area contributed by atoms with Crippen molar-refractivity contribution >= 4 is 5.91 Å². The van der Waals surface area contributed by atoms with E-state index in [1.807, 2.05) is 24.3 Å². The molecular weight excluding hydrogens is 316 g/mol. The highest BCUT2D eigenvalue weighted by Gasteiger charge is 2.38. The van der Waals surface area contributed by atoms with E-state index in [1.165, 1.54) is 0 Å². The first-order valence-electron chi connectivity index (χ1n) is 9.41. The van der Waals surface area contributed by atoms with Gasteiger partial charge in [-0.05, 0) is 49.9 Å². The summed E-state index contributed by atoms with van der Waals surface area (Å²) in [6.45, 7) is 6.00. The molecule has 1 saturated heterocycles. The van der Waals surface area contributed by atoms with Gasteiger partial charge in [-0.25, -0.2) is 0 Å². The molecule has 25 heavy (non-hydrogen) atoms. The number of likely N-dealkylation sites (N-methyl/N-ethyl adjacent to an activating group) is 1. The van der Waals surface area contributed by atoms with Gasteiger partial charge in [-0.3, -0.25) is 9.69 Å². The average Bonchev–Trinajstić information content (AvgIpc) is 3.37. The van der Waals surface area contributed by atoms with Crippen molar-refractivity contribution in [2.45, 2.75) is 38.8 Å². The van der Waals surface area contributed by atoms with Crippen molar-refractivity contribution in [1.82, 2.24) is 10.2 Å². The van der Waals surface area contributed by atoms with Gasteiger partial charge in [-0.1, -0.05) is 19.1 Å². The maximum absolute atomic E-state index is 11.9. The van der Waals surface area contributed by atoms with Gasteiger partial charge in [0.05, 0.1) is 0 Å². The van der Waals surface area contributed by atoms with Crippen LogP contribution in [0.1, 0.15) is 31.7 Å². The van der Waals surface area contributed by atoms with Crippen molar-refractivity contribution in [1.29, 1.82) is 0 Å². The van der Waals surface area contributed by atoms with Crippen LogP contribution in [0.5, 0.6) is 5.75 Å². The molecule has 1 aromatic carbocycles. The molecule has 5 nitrogen and oxygen atoms in total. The molecule has 0 unspecified atom stereocenters. The van der Waals surface area contributed by atoms with Gasteiger partial charge in [-0.2, -0.15) is 0 Å². The molecular formula is C20H30N2O3. The first-order valence-corrected chi connectivity index (χ1v) is 9.41. The highest BCUT2D eigenvalue weighted by atomic mass is 16.5. The highest BCUT2D eigenvalue weighted by Crippen LogP contribution is 2.37. The molecule has 1 N–H and O–H groups in total. The summed E-state index contributed by atoms with van der Waals surface area (Å²) in [6.07, 6.45) is 3.23. The molecule has 1 aliphatic carbocycles. The number of hydrogen-bond acceptors (Lipinski definition) is 4. The summed E-state index contributed by atoms with van der Waals surface area (Å²) in [7, 11) is 2.16. The number of benzene rings is 1. The number of ether oxygens (including phenoxy) is 2. The van der Waals surface area contributed by atoms with Crippen LogP contribution in [0.3, 0.4) is 0 Å². The standard InChI is InChI=1S/C20H30N2O3/c1-15-12-19(15)20(23)21-14-16-4-3-5-18(13-16)25-11-8-22(2)17-6-9-24-10-7-17/h3-5,13,15,17,19H,6-12,14H2,1-2H3,(H,21,23)/t15-,19-/m1/s1. The minimum absolute atomic E-state index is 0.178. The summed E-state index contributed by atoms with van der Waals surface area (Å²) >= 11 is 0. The Hall–Kier alpha value is -1.59. The third-order valence-corrected chi connectivity index (χ3v) is 5.34. The van der Waals surface area contributed by atoms with Gasteiger partial charge in [0.15, 0.2) is 0 Å². The topological polar surface area (TPSA) is 50.8 Å². The summed E-state index contributed by atoms with van der Waals surface area (Å²) in [5.41, 5.74) is 1.08. The van der Waals surface area contributed by atoms with Crippen LogP contribution < -0.4 is 10.1 Å². The lowest BCUT2D eigenvalue weighted by Crippen LogP contribution is -2.38. The predicted molar refractivity (Wildman–Crippen MR) is 97.5 cm³/mol. The van der Waals surface area contributed by atoms with E-state index in [-0.39, 0.29) is 11.8 Å². The lowest BCUT2D eigenvalue weighted by molar-refractivity contribution is -0.122. The van der Waals surface area contributed by atoms with E-state index in [4.69, 9.17) is 9.47 Å². The number of amides is 1. The van der Waals surface area contributed by atoms with Gasteiger partial charge in [0, 0.05) is 38.3 Å². The summed E-state index contributed by atoms with van der Waals surface area (Å²) < 4.78 is 11.3. The Morgan fingerprint density at radius 2 is 2.12 bits per heavy atom. The fraction of sp³-hybridized carbons (Fsp3) is 0.650. The molecule has 5 heteroatoms. The number of carbonyl (C=O) groups is 1. The zero-order valence-electron chi connectivity index (χ0n) is 15.4. The average molecular weight is 346 g/mol. The lowest BCUT2D eigenvalue weighted by atomic mass is 10.1. The number of rotatable bonds is 8. The lowest BCUT2D eigenvalue weighted by Gasteiger charge is -2.31. The molecule has 2 atom stereocenters. The van der Waals surface area contributed by atoms with E-state index in [9.17, 15) is 4.79 Å². The summed E-state index contributed by atoms with van der Waals surface area (Å²) in [4.78, 5) is 14.3. The second-order valence-electron chi connectivity index (χ2n) is 7.36. The van der Waals surface area contributed by atoms with E-state index < -0.39 is 0 Å². The maximum atomic E-state index is 11.9. The molecule has 3 rings (SSSR count). The number of nitrogens with zero attached hydrogens (tertiary/aromatic N) is 1. The molecule has 2 fully saturated rings. The van der Waals surface area contributed by atoms with Crippen molar-refractivity contribution in [2.75, 3.05) is 33.4 Å². The minimum atomic E-state index is 0.178. The molecule has 2 aliphatic rings. The predicted octanol–water partition coefficient (Wildman–Crippen LogP) is 2.45. The molecule has 0 radical (unpaired) electrons. The Bertz CT molecular complexity index is 572. The zero-order valence-corrected chi connectivity index (χ0v) is 15.4. The van der Waals surface area contributed by atoms with Crippen molar-refractivity contribution < 1.29 is 14.3 Å². The Morgan fingerprint density at radius 1 is 1.36 bits per heavy atom.